The monoisotopic (exact) mass is 311 g/mol. The summed E-state index contributed by atoms with van der Waals surface area (Å²) in [5.41, 5.74) is 0.0203. The topological polar surface area (TPSA) is 72.6 Å². The van der Waals surface area contributed by atoms with Crippen LogP contribution in [-0.2, 0) is 0 Å². The first-order valence-electron chi connectivity index (χ1n) is 5.98. The fourth-order valence-electron chi connectivity index (χ4n) is 1.70. The Morgan fingerprint density at radius 1 is 1.29 bits per heavy atom. The Kier molecular flexibility index (Phi) is 4.40. The van der Waals surface area contributed by atoms with Crippen molar-refractivity contribution in [3.8, 4) is 11.5 Å². The SMILES string of the molecule is C[C@@H](O)c1ccc(Oc2ccc(Cl)cc2[N+](=O)[O-])c(F)c1. The minimum absolute atomic E-state index is 0.118. The summed E-state index contributed by atoms with van der Waals surface area (Å²) in [6, 6.07) is 7.72. The van der Waals surface area contributed by atoms with E-state index < -0.39 is 16.8 Å². The summed E-state index contributed by atoms with van der Waals surface area (Å²) in [5, 5.41) is 20.5. The summed E-state index contributed by atoms with van der Waals surface area (Å²) in [4.78, 5) is 10.3. The predicted octanol–water partition coefficient (Wildman–Crippen LogP) is 4.23. The van der Waals surface area contributed by atoms with Gasteiger partial charge in [-0.2, -0.15) is 0 Å². The molecular weight excluding hydrogens is 301 g/mol. The van der Waals surface area contributed by atoms with E-state index in [1.54, 1.807) is 0 Å². The molecule has 0 unspecified atom stereocenters. The smallest absolute Gasteiger partial charge is 0.313 e. The largest absolute Gasteiger partial charge is 0.447 e. The zero-order chi connectivity index (χ0) is 15.6. The second-order valence-electron chi connectivity index (χ2n) is 4.34. The van der Waals surface area contributed by atoms with Crippen molar-refractivity contribution in [1.29, 1.82) is 0 Å². The molecule has 110 valence electrons. The molecule has 7 heteroatoms. The first kappa shape index (κ1) is 15.2. The number of nitrogens with zero attached hydrogens (tertiary/aromatic N) is 1. The number of halogens is 2. The molecule has 1 N–H and O–H groups in total. The van der Waals surface area contributed by atoms with Gasteiger partial charge in [0.25, 0.3) is 0 Å². The summed E-state index contributed by atoms with van der Waals surface area (Å²) in [6.45, 7) is 1.50. The number of rotatable bonds is 4. The molecule has 2 aromatic rings. The van der Waals surface area contributed by atoms with Gasteiger partial charge in [0, 0.05) is 11.1 Å². The third kappa shape index (κ3) is 3.48. The molecule has 2 aromatic carbocycles. The number of hydrogen-bond acceptors (Lipinski definition) is 4. The predicted molar refractivity (Wildman–Crippen MR) is 75.2 cm³/mol. The Labute approximate surface area is 124 Å². The maximum atomic E-state index is 13.9. The lowest BCUT2D eigenvalue weighted by Crippen LogP contribution is -1.97. The fourth-order valence-corrected chi connectivity index (χ4v) is 1.86. The third-order valence-electron chi connectivity index (χ3n) is 2.78. The van der Waals surface area contributed by atoms with E-state index in [2.05, 4.69) is 0 Å². The van der Waals surface area contributed by atoms with E-state index in [4.69, 9.17) is 16.3 Å². The Hall–Kier alpha value is -2.18. The zero-order valence-electron chi connectivity index (χ0n) is 10.9. The number of ether oxygens (including phenoxy) is 1. The van der Waals surface area contributed by atoms with Gasteiger partial charge in [-0.3, -0.25) is 10.1 Å². The number of benzene rings is 2. The average Bonchev–Trinajstić information content (AvgIpc) is 2.42. The van der Waals surface area contributed by atoms with Gasteiger partial charge in [0.05, 0.1) is 11.0 Å². The molecule has 2 rings (SSSR count). The van der Waals surface area contributed by atoms with Crippen LogP contribution in [0.25, 0.3) is 0 Å². The van der Waals surface area contributed by atoms with Crippen LogP contribution in [0.1, 0.15) is 18.6 Å². The number of aliphatic hydroxyl groups excluding tert-OH is 1. The zero-order valence-corrected chi connectivity index (χ0v) is 11.7. The molecule has 0 radical (unpaired) electrons. The van der Waals surface area contributed by atoms with Crippen molar-refractivity contribution >= 4 is 17.3 Å². The van der Waals surface area contributed by atoms with Gasteiger partial charge in [0.15, 0.2) is 11.6 Å². The summed E-state index contributed by atoms with van der Waals surface area (Å²) in [7, 11) is 0. The Bertz CT molecular complexity index is 691. The van der Waals surface area contributed by atoms with Gasteiger partial charge in [-0.25, -0.2) is 4.39 Å². The van der Waals surface area contributed by atoms with E-state index in [9.17, 15) is 19.6 Å². The van der Waals surface area contributed by atoms with Gasteiger partial charge in [0.1, 0.15) is 0 Å². The van der Waals surface area contributed by atoms with Crippen molar-refractivity contribution in [2.45, 2.75) is 13.0 Å². The van der Waals surface area contributed by atoms with Gasteiger partial charge in [0.2, 0.25) is 5.75 Å². The van der Waals surface area contributed by atoms with E-state index in [1.165, 1.54) is 31.2 Å². The molecule has 21 heavy (non-hydrogen) atoms. The molecular formula is C14H11ClFNO4. The second-order valence-corrected chi connectivity index (χ2v) is 4.77. The maximum absolute atomic E-state index is 13.9. The molecule has 0 saturated carbocycles. The highest BCUT2D eigenvalue weighted by molar-refractivity contribution is 6.30. The van der Waals surface area contributed by atoms with Crippen LogP contribution in [0, 0.1) is 15.9 Å². The lowest BCUT2D eigenvalue weighted by atomic mass is 10.1. The molecule has 1 atom stereocenters. The van der Waals surface area contributed by atoms with Crippen LogP contribution < -0.4 is 4.74 Å². The highest BCUT2D eigenvalue weighted by Crippen LogP contribution is 2.35. The van der Waals surface area contributed by atoms with E-state index in [0.29, 0.717) is 5.56 Å². The summed E-state index contributed by atoms with van der Waals surface area (Å²) < 4.78 is 19.1. The molecule has 0 aromatic heterocycles. The molecule has 0 spiro atoms. The second kappa shape index (κ2) is 6.07. The molecule has 0 heterocycles. The lowest BCUT2D eigenvalue weighted by molar-refractivity contribution is -0.385. The quantitative estimate of drug-likeness (QED) is 0.677. The van der Waals surface area contributed by atoms with Crippen LogP contribution in [-0.4, -0.2) is 10.0 Å². The number of hydrogen-bond donors (Lipinski definition) is 1. The molecule has 0 aliphatic heterocycles. The minimum atomic E-state index is -0.821. The Morgan fingerprint density at radius 3 is 2.52 bits per heavy atom. The van der Waals surface area contributed by atoms with Crippen molar-refractivity contribution in [3.05, 3.63) is 62.9 Å². The van der Waals surface area contributed by atoms with Crippen LogP contribution in [0.15, 0.2) is 36.4 Å². The van der Waals surface area contributed by atoms with Crippen molar-refractivity contribution < 1.29 is 19.2 Å². The fraction of sp³-hybridized carbons (Fsp3) is 0.143. The molecule has 0 bridgehead atoms. The van der Waals surface area contributed by atoms with Gasteiger partial charge < -0.3 is 9.84 Å². The van der Waals surface area contributed by atoms with Gasteiger partial charge in [-0.05, 0) is 36.8 Å². The van der Waals surface area contributed by atoms with E-state index in [0.717, 1.165) is 12.1 Å². The summed E-state index contributed by atoms with van der Waals surface area (Å²) in [5.74, 6) is -1.02. The maximum Gasteiger partial charge on any atom is 0.313 e. The normalized spacial score (nSPS) is 12.0. The van der Waals surface area contributed by atoms with Gasteiger partial charge in [-0.1, -0.05) is 17.7 Å². The Morgan fingerprint density at radius 2 is 1.95 bits per heavy atom. The number of nitro benzene ring substituents is 1. The van der Waals surface area contributed by atoms with Crippen LogP contribution in [0.3, 0.4) is 0 Å². The van der Waals surface area contributed by atoms with E-state index in [-0.39, 0.29) is 22.2 Å². The van der Waals surface area contributed by atoms with Gasteiger partial charge in [-0.15, -0.1) is 0 Å². The van der Waals surface area contributed by atoms with Crippen LogP contribution in [0.2, 0.25) is 5.02 Å². The van der Waals surface area contributed by atoms with Crippen molar-refractivity contribution in [2.75, 3.05) is 0 Å². The van der Waals surface area contributed by atoms with Crippen molar-refractivity contribution in [2.24, 2.45) is 0 Å². The first-order valence-corrected chi connectivity index (χ1v) is 6.35. The molecule has 0 aliphatic carbocycles. The highest BCUT2D eigenvalue weighted by atomic mass is 35.5. The van der Waals surface area contributed by atoms with Gasteiger partial charge >= 0.3 is 5.69 Å². The molecule has 0 aliphatic rings. The first-order chi connectivity index (χ1) is 9.88. The average molecular weight is 312 g/mol. The standard InChI is InChI=1S/C14H11ClFNO4/c1-8(18)9-2-4-13(11(16)6-9)21-14-5-3-10(15)7-12(14)17(19)20/h2-8,18H,1H3/t8-/m1/s1. The summed E-state index contributed by atoms with van der Waals surface area (Å²) >= 11 is 5.69. The molecule has 0 amide bonds. The van der Waals surface area contributed by atoms with Crippen molar-refractivity contribution in [1.82, 2.24) is 0 Å². The Balaban J connectivity index is 2.37. The van der Waals surface area contributed by atoms with E-state index in [1.807, 2.05) is 0 Å². The van der Waals surface area contributed by atoms with E-state index >= 15 is 0 Å². The minimum Gasteiger partial charge on any atom is -0.447 e. The molecule has 0 fully saturated rings. The van der Waals surface area contributed by atoms with Crippen molar-refractivity contribution in [3.63, 3.8) is 0 Å². The number of nitro groups is 1. The third-order valence-corrected chi connectivity index (χ3v) is 3.01. The lowest BCUT2D eigenvalue weighted by Gasteiger charge is -2.10. The highest BCUT2D eigenvalue weighted by Gasteiger charge is 2.18. The van der Waals surface area contributed by atoms with Crippen LogP contribution >= 0.6 is 11.6 Å². The summed E-state index contributed by atoms with van der Waals surface area (Å²) in [6.07, 6.45) is -0.821. The molecule has 5 nitrogen and oxygen atoms in total. The van der Waals surface area contributed by atoms with Crippen LogP contribution in [0.5, 0.6) is 11.5 Å². The molecule has 0 saturated heterocycles. The number of aliphatic hydroxyl groups is 1. The van der Waals surface area contributed by atoms with Crippen LogP contribution in [0.4, 0.5) is 10.1 Å².